The van der Waals surface area contributed by atoms with Gasteiger partial charge in [-0.3, -0.25) is 4.79 Å². The van der Waals surface area contributed by atoms with Crippen LogP contribution in [0.4, 0.5) is 11.4 Å². The van der Waals surface area contributed by atoms with Crippen LogP contribution in [0.2, 0.25) is 0 Å². The number of carbonyl (C=O) groups is 1. The molecule has 0 aliphatic rings. The standard InChI is InChI=1S/C16H19N3O2/c1-10(14-5-3-4-6-15(14)21-2)19-16(20)11-7-12(17)9-13(18)8-11/h3-10H,17-18H2,1-2H3,(H,19,20). The molecule has 21 heavy (non-hydrogen) atoms. The third-order valence-corrected chi connectivity index (χ3v) is 3.19. The van der Waals surface area contributed by atoms with E-state index in [9.17, 15) is 4.79 Å². The van der Waals surface area contributed by atoms with Gasteiger partial charge in [0.2, 0.25) is 0 Å². The first-order valence-corrected chi connectivity index (χ1v) is 6.61. The molecule has 5 heteroatoms. The fraction of sp³-hybridized carbons (Fsp3) is 0.188. The van der Waals surface area contributed by atoms with Gasteiger partial charge in [0.05, 0.1) is 13.2 Å². The lowest BCUT2D eigenvalue weighted by Gasteiger charge is -2.17. The minimum Gasteiger partial charge on any atom is -0.496 e. The molecule has 0 heterocycles. The molecule has 0 aromatic heterocycles. The maximum Gasteiger partial charge on any atom is 0.251 e. The molecule has 2 aromatic rings. The second-order valence-electron chi connectivity index (χ2n) is 4.83. The zero-order valence-corrected chi connectivity index (χ0v) is 12.1. The van der Waals surface area contributed by atoms with Crippen LogP contribution in [-0.2, 0) is 0 Å². The zero-order valence-electron chi connectivity index (χ0n) is 12.1. The molecule has 0 fully saturated rings. The number of para-hydroxylation sites is 1. The van der Waals surface area contributed by atoms with Crippen molar-refractivity contribution in [2.24, 2.45) is 0 Å². The number of nitrogens with one attached hydrogen (secondary N) is 1. The van der Waals surface area contributed by atoms with E-state index in [0.29, 0.717) is 16.9 Å². The van der Waals surface area contributed by atoms with E-state index < -0.39 is 0 Å². The van der Waals surface area contributed by atoms with Gasteiger partial charge >= 0.3 is 0 Å². The number of anilines is 2. The lowest BCUT2D eigenvalue weighted by Crippen LogP contribution is -2.27. The fourth-order valence-electron chi connectivity index (χ4n) is 2.19. The molecule has 110 valence electrons. The van der Waals surface area contributed by atoms with Crippen molar-refractivity contribution in [2.45, 2.75) is 13.0 Å². The highest BCUT2D eigenvalue weighted by atomic mass is 16.5. The number of methoxy groups -OCH3 is 1. The average molecular weight is 285 g/mol. The van der Waals surface area contributed by atoms with Crippen LogP contribution in [-0.4, -0.2) is 13.0 Å². The molecular weight excluding hydrogens is 266 g/mol. The highest BCUT2D eigenvalue weighted by molar-refractivity contribution is 5.96. The van der Waals surface area contributed by atoms with Crippen LogP contribution in [0.25, 0.3) is 0 Å². The number of rotatable bonds is 4. The Bertz CT molecular complexity index is 635. The van der Waals surface area contributed by atoms with Gasteiger partial charge in [-0.25, -0.2) is 0 Å². The third-order valence-electron chi connectivity index (χ3n) is 3.19. The van der Waals surface area contributed by atoms with Crippen LogP contribution in [0.1, 0.15) is 28.9 Å². The predicted octanol–water partition coefficient (Wildman–Crippen LogP) is 2.35. The SMILES string of the molecule is COc1ccccc1C(C)NC(=O)c1cc(N)cc(N)c1. The number of carbonyl (C=O) groups excluding carboxylic acids is 1. The van der Waals surface area contributed by atoms with Crippen molar-refractivity contribution in [1.29, 1.82) is 0 Å². The lowest BCUT2D eigenvalue weighted by atomic mass is 10.1. The van der Waals surface area contributed by atoms with E-state index in [0.717, 1.165) is 11.3 Å². The lowest BCUT2D eigenvalue weighted by molar-refractivity contribution is 0.0939. The number of nitrogen functional groups attached to an aromatic ring is 2. The second-order valence-corrected chi connectivity index (χ2v) is 4.83. The van der Waals surface area contributed by atoms with Crippen LogP contribution >= 0.6 is 0 Å². The van der Waals surface area contributed by atoms with E-state index in [-0.39, 0.29) is 11.9 Å². The van der Waals surface area contributed by atoms with Crippen molar-refractivity contribution in [2.75, 3.05) is 18.6 Å². The van der Waals surface area contributed by atoms with Gasteiger partial charge in [-0.2, -0.15) is 0 Å². The van der Waals surface area contributed by atoms with Gasteiger partial charge in [-0.15, -0.1) is 0 Å². The maximum atomic E-state index is 12.3. The molecule has 2 rings (SSSR count). The summed E-state index contributed by atoms with van der Waals surface area (Å²) in [6.07, 6.45) is 0. The first kappa shape index (κ1) is 14.7. The summed E-state index contributed by atoms with van der Waals surface area (Å²) in [5.74, 6) is 0.504. The quantitative estimate of drug-likeness (QED) is 0.752. The summed E-state index contributed by atoms with van der Waals surface area (Å²) < 4.78 is 5.30. The topological polar surface area (TPSA) is 90.4 Å². The summed E-state index contributed by atoms with van der Waals surface area (Å²) in [4.78, 5) is 12.3. The highest BCUT2D eigenvalue weighted by Crippen LogP contribution is 2.24. The molecule has 1 amide bonds. The van der Waals surface area contributed by atoms with Crippen molar-refractivity contribution in [3.63, 3.8) is 0 Å². The highest BCUT2D eigenvalue weighted by Gasteiger charge is 2.15. The first-order valence-electron chi connectivity index (χ1n) is 6.61. The van der Waals surface area contributed by atoms with Crippen LogP contribution < -0.4 is 21.5 Å². The van der Waals surface area contributed by atoms with Gasteiger partial charge < -0.3 is 21.5 Å². The van der Waals surface area contributed by atoms with E-state index >= 15 is 0 Å². The summed E-state index contributed by atoms with van der Waals surface area (Å²) in [5, 5.41) is 2.91. The Morgan fingerprint density at radius 2 is 1.76 bits per heavy atom. The number of hydrogen-bond donors (Lipinski definition) is 3. The molecule has 0 aliphatic carbocycles. The maximum absolute atomic E-state index is 12.3. The van der Waals surface area contributed by atoms with E-state index in [4.69, 9.17) is 16.2 Å². The minimum atomic E-state index is -0.229. The summed E-state index contributed by atoms with van der Waals surface area (Å²) in [6.45, 7) is 1.89. The molecule has 5 nitrogen and oxygen atoms in total. The Labute approximate surface area is 123 Å². The van der Waals surface area contributed by atoms with Gasteiger partial charge in [0.25, 0.3) is 5.91 Å². The molecule has 0 radical (unpaired) electrons. The van der Waals surface area contributed by atoms with Crippen molar-refractivity contribution >= 4 is 17.3 Å². The number of nitrogens with two attached hydrogens (primary N) is 2. The molecular formula is C16H19N3O2. The van der Waals surface area contributed by atoms with Gasteiger partial charge in [-0.05, 0) is 31.2 Å². The van der Waals surface area contributed by atoms with Gasteiger partial charge in [-0.1, -0.05) is 18.2 Å². The Morgan fingerprint density at radius 1 is 1.14 bits per heavy atom. The van der Waals surface area contributed by atoms with E-state index in [1.54, 1.807) is 25.3 Å². The Hall–Kier alpha value is -2.69. The first-order chi connectivity index (χ1) is 10.0. The molecule has 5 N–H and O–H groups in total. The smallest absolute Gasteiger partial charge is 0.251 e. The number of benzene rings is 2. The summed E-state index contributed by atoms with van der Waals surface area (Å²) in [5.41, 5.74) is 13.7. The Balaban J connectivity index is 2.18. The van der Waals surface area contributed by atoms with Crippen molar-refractivity contribution in [3.8, 4) is 5.75 Å². The van der Waals surface area contributed by atoms with Crippen LogP contribution in [0.15, 0.2) is 42.5 Å². The number of ether oxygens (including phenoxy) is 1. The zero-order chi connectivity index (χ0) is 15.4. The van der Waals surface area contributed by atoms with Crippen molar-refractivity contribution < 1.29 is 9.53 Å². The minimum absolute atomic E-state index is 0.198. The Morgan fingerprint density at radius 3 is 2.38 bits per heavy atom. The van der Waals surface area contributed by atoms with Crippen LogP contribution in [0, 0.1) is 0 Å². The largest absolute Gasteiger partial charge is 0.496 e. The van der Waals surface area contributed by atoms with Gasteiger partial charge in [0.1, 0.15) is 5.75 Å². The molecule has 1 atom stereocenters. The number of amides is 1. The molecule has 2 aromatic carbocycles. The van der Waals surface area contributed by atoms with Gasteiger partial charge in [0, 0.05) is 22.5 Å². The van der Waals surface area contributed by atoms with E-state index in [2.05, 4.69) is 5.32 Å². The molecule has 0 bridgehead atoms. The van der Waals surface area contributed by atoms with E-state index in [1.165, 1.54) is 0 Å². The summed E-state index contributed by atoms with van der Waals surface area (Å²) in [7, 11) is 1.60. The number of hydrogen-bond acceptors (Lipinski definition) is 4. The Kier molecular flexibility index (Phi) is 4.33. The monoisotopic (exact) mass is 285 g/mol. The molecule has 0 saturated heterocycles. The van der Waals surface area contributed by atoms with Gasteiger partial charge in [0.15, 0.2) is 0 Å². The third kappa shape index (κ3) is 3.45. The fourth-order valence-corrected chi connectivity index (χ4v) is 2.19. The van der Waals surface area contributed by atoms with Crippen molar-refractivity contribution in [3.05, 3.63) is 53.6 Å². The summed E-state index contributed by atoms with van der Waals surface area (Å²) >= 11 is 0. The van der Waals surface area contributed by atoms with Crippen molar-refractivity contribution in [1.82, 2.24) is 5.32 Å². The second kappa shape index (κ2) is 6.17. The van der Waals surface area contributed by atoms with Crippen LogP contribution in [0.3, 0.4) is 0 Å². The molecule has 1 unspecified atom stereocenters. The molecule has 0 aliphatic heterocycles. The van der Waals surface area contributed by atoms with E-state index in [1.807, 2.05) is 31.2 Å². The predicted molar refractivity (Wildman–Crippen MR) is 84.1 cm³/mol. The molecule has 0 spiro atoms. The summed E-state index contributed by atoms with van der Waals surface area (Å²) in [6, 6.07) is 12.2. The average Bonchev–Trinajstić information content (AvgIpc) is 2.46. The van der Waals surface area contributed by atoms with Crippen LogP contribution in [0.5, 0.6) is 5.75 Å². The normalized spacial score (nSPS) is 11.7. The molecule has 0 saturated carbocycles.